The first-order chi connectivity index (χ1) is 14.8. The molecule has 1 aliphatic heterocycles. The summed E-state index contributed by atoms with van der Waals surface area (Å²) in [5.41, 5.74) is 0.400. The molecule has 0 spiro atoms. The summed E-state index contributed by atoms with van der Waals surface area (Å²) in [5, 5.41) is 0. The molecule has 0 radical (unpaired) electrons. The van der Waals surface area contributed by atoms with Crippen molar-refractivity contribution >= 4 is 15.8 Å². The summed E-state index contributed by atoms with van der Waals surface area (Å²) in [4.78, 5) is 11.0. The molecule has 0 N–H and O–H groups in total. The van der Waals surface area contributed by atoms with Crippen LogP contribution in [0.25, 0.3) is 0 Å². The van der Waals surface area contributed by atoms with E-state index in [4.69, 9.17) is 4.74 Å². The van der Waals surface area contributed by atoms with Crippen LogP contribution in [0.15, 0.2) is 59.5 Å². The molecule has 0 atom stereocenters. The topological polar surface area (TPSA) is 75.6 Å². The Labute approximate surface area is 181 Å². The number of anilines is 1. The van der Waals surface area contributed by atoms with E-state index < -0.39 is 15.8 Å². The minimum Gasteiger partial charge on any atom is -0.439 e. The number of piperazine rings is 1. The number of para-hydroxylation sites is 1. The van der Waals surface area contributed by atoms with Crippen LogP contribution in [0.1, 0.15) is 11.4 Å². The van der Waals surface area contributed by atoms with E-state index in [1.54, 1.807) is 19.9 Å². The standard InChI is InChI=1S/C22H23FN4O3S/c1-16-14-18(23)8-9-20(16)31(28,29)27-12-10-26(11-13-27)21-15-22(25-17(2)24-21)30-19-6-4-3-5-7-19/h3-9,14-15H,10-13H2,1-2H3. The number of aromatic nitrogens is 2. The van der Waals surface area contributed by atoms with E-state index in [1.165, 1.54) is 22.5 Å². The van der Waals surface area contributed by atoms with Gasteiger partial charge in [-0.1, -0.05) is 18.2 Å². The number of nitrogens with zero attached hydrogens (tertiary/aromatic N) is 4. The highest BCUT2D eigenvalue weighted by Gasteiger charge is 2.30. The Morgan fingerprint density at radius 2 is 1.65 bits per heavy atom. The molecule has 0 saturated carbocycles. The van der Waals surface area contributed by atoms with Crippen LogP contribution >= 0.6 is 0 Å². The van der Waals surface area contributed by atoms with Gasteiger partial charge in [0.05, 0.1) is 4.90 Å². The van der Waals surface area contributed by atoms with Gasteiger partial charge in [-0.25, -0.2) is 17.8 Å². The van der Waals surface area contributed by atoms with E-state index in [0.717, 1.165) is 0 Å². The Balaban J connectivity index is 1.48. The third-order valence-electron chi connectivity index (χ3n) is 5.08. The number of halogens is 1. The van der Waals surface area contributed by atoms with E-state index in [9.17, 15) is 12.8 Å². The maximum absolute atomic E-state index is 13.4. The smallest absolute Gasteiger partial charge is 0.243 e. The van der Waals surface area contributed by atoms with Crippen LogP contribution in [0.4, 0.5) is 10.2 Å². The van der Waals surface area contributed by atoms with Gasteiger partial charge in [-0.05, 0) is 49.7 Å². The highest BCUT2D eigenvalue weighted by atomic mass is 32.2. The molecule has 1 fully saturated rings. The van der Waals surface area contributed by atoms with Crippen LogP contribution in [0.5, 0.6) is 11.6 Å². The monoisotopic (exact) mass is 442 g/mol. The Kier molecular flexibility index (Phi) is 5.88. The summed E-state index contributed by atoms with van der Waals surface area (Å²) >= 11 is 0. The van der Waals surface area contributed by atoms with Crippen molar-refractivity contribution in [2.75, 3.05) is 31.1 Å². The van der Waals surface area contributed by atoms with Crippen molar-refractivity contribution < 1.29 is 17.5 Å². The van der Waals surface area contributed by atoms with Gasteiger partial charge in [-0.2, -0.15) is 9.29 Å². The first kappa shape index (κ1) is 21.2. The molecule has 2 aromatic carbocycles. The summed E-state index contributed by atoms with van der Waals surface area (Å²) in [6.07, 6.45) is 0. The molecule has 0 bridgehead atoms. The number of aryl methyl sites for hydroxylation is 2. The number of rotatable bonds is 5. The molecule has 3 aromatic rings. The van der Waals surface area contributed by atoms with Gasteiger partial charge >= 0.3 is 0 Å². The lowest BCUT2D eigenvalue weighted by atomic mass is 10.2. The summed E-state index contributed by atoms with van der Waals surface area (Å²) in [7, 11) is -3.69. The van der Waals surface area contributed by atoms with E-state index in [-0.39, 0.29) is 4.90 Å². The van der Waals surface area contributed by atoms with Crippen LogP contribution in [-0.4, -0.2) is 48.9 Å². The second-order valence-electron chi connectivity index (χ2n) is 7.33. The number of hydrogen-bond donors (Lipinski definition) is 0. The zero-order chi connectivity index (χ0) is 22.0. The first-order valence-electron chi connectivity index (χ1n) is 9.93. The minimum absolute atomic E-state index is 0.138. The number of benzene rings is 2. The lowest BCUT2D eigenvalue weighted by molar-refractivity contribution is 0.382. The molecule has 0 amide bonds. The highest BCUT2D eigenvalue weighted by molar-refractivity contribution is 7.89. The van der Waals surface area contributed by atoms with Crippen LogP contribution in [0.2, 0.25) is 0 Å². The quantitative estimate of drug-likeness (QED) is 0.602. The Bertz CT molecular complexity index is 1180. The van der Waals surface area contributed by atoms with Gasteiger partial charge in [0.2, 0.25) is 15.9 Å². The van der Waals surface area contributed by atoms with Gasteiger partial charge in [0.15, 0.2) is 0 Å². The van der Waals surface area contributed by atoms with E-state index in [0.29, 0.717) is 55.0 Å². The van der Waals surface area contributed by atoms with Crippen molar-refractivity contribution in [2.24, 2.45) is 0 Å². The highest BCUT2D eigenvalue weighted by Crippen LogP contribution is 2.26. The largest absolute Gasteiger partial charge is 0.439 e. The third-order valence-corrected chi connectivity index (χ3v) is 7.14. The molecule has 9 heteroatoms. The van der Waals surface area contributed by atoms with Crippen molar-refractivity contribution in [3.05, 3.63) is 71.8 Å². The SMILES string of the molecule is Cc1nc(Oc2ccccc2)cc(N2CCN(S(=O)(=O)c3ccc(F)cc3C)CC2)n1. The second-order valence-corrected chi connectivity index (χ2v) is 9.23. The fourth-order valence-electron chi connectivity index (χ4n) is 3.55. The molecule has 1 saturated heterocycles. The molecule has 2 heterocycles. The van der Waals surface area contributed by atoms with Gasteiger partial charge in [-0.15, -0.1) is 0 Å². The van der Waals surface area contributed by atoms with E-state index in [2.05, 4.69) is 9.97 Å². The van der Waals surface area contributed by atoms with Crippen molar-refractivity contribution in [1.29, 1.82) is 0 Å². The average molecular weight is 443 g/mol. The maximum atomic E-state index is 13.4. The number of sulfonamides is 1. The molecule has 1 aliphatic rings. The van der Waals surface area contributed by atoms with Crippen molar-refractivity contribution in [3.63, 3.8) is 0 Å². The molecule has 31 heavy (non-hydrogen) atoms. The molecular formula is C22H23FN4O3S. The summed E-state index contributed by atoms with van der Waals surface area (Å²) in [6, 6.07) is 14.9. The predicted octanol–water partition coefficient (Wildman–Crippen LogP) is 3.54. The molecule has 1 aromatic heterocycles. The van der Waals surface area contributed by atoms with Crippen LogP contribution in [0.3, 0.4) is 0 Å². The van der Waals surface area contributed by atoms with Crippen LogP contribution in [0, 0.1) is 19.7 Å². The molecule has 7 nitrogen and oxygen atoms in total. The first-order valence-corrected chi connectivity index (χ1v) is 11.4. The van der Waals surface area contributed by atoms with Gasteiger partial charge in [0.1, 0.15) is 23.2 Å². The second kappa shape index (κ2) is 8.60. The molecule has 0 aliphatic carbocycles. The van der Waals surface area contributed by atoms with Gasteiger partial charge < -0.3 is 9.64 Å². The normalized spacial score (nSPS) is 15.1. The summed E-state index contributed by atoms with van der Waals surface area (Å²) < 4.78 is 46.7. The summed E-state index contributed by atoms with van der Waals surface area (Å²) in [5.74, 6) is 1.92. The van der Waals surface area contributed by atoms with Gasteiger partial charge in [0.25, 0.3) is 0 Å². The third kappa shape index (κ3) is 4.67. The lowest BCUT2D eigenvalue weighted by Gasteiger charge is -2.35. The van der Waals surface area contributed by atoms with Crippen molar-refractivity contribution in [1.82, 2.24) is 14.3 Å². The fraction of sp³-hybridized carbons (Fsp3) is 0.273. The predicted molar refractivity (Wildman–Crippen MR) is 115 cm³/mol. The maximum Gasteiger partial charge on any atom is 0.243 e. The van der Waals surface area contributed by atoms with Gasteiger partial charge in [-0.3, -0.25) is 0 Å². The molecule has 0 unspecified atom stereocenters. The van der Waals surface area contributed by atoms with Crippen LogP contribution < -0.4 is 9.64 Å². The molecule has 162 valence electrons. The van der Waals surface area contributed by atoms with Crippen LogP contribution in [-0.2, 0) is 10.0 Å². The number of ether oxygens (including phenoxy) is 1. The van der Waals surface area contributed by atoms with E-state index >= 15 is 0 Å². The molecular weight excluding hydrogens is 419 g/mol. The van der Waals surface area contributed by atoms with E-state index in [1.807, 2.05) is 35.2 Å². The zero-order valence-electron chi connectivity index (χ0n) is 17.3. The number of hydrogen-bond acceptors (Lipinski definition) is 6. The average Bonchev–Trinajstić information content (AvgIpc) is 2.74. The summed E-state index contributed by atoms with van der Waals surface area (Å²) in [6.45, 7) is 4.94. The Morgan fingerprint density at radius 3 is 2.32 bits per heavy atom. The van der Waals surface area contributed by atoms with Crippen molar-refractivity contribution in [3.8, 4) is 11.6 Å². The minimum atomic E-state index is -3.69. The lowest BCUT2D eigenvalue weighted by Crippen LogP contribution is -2.49. The van der Waals surface area contributed by atoms with Crippen molar-refractivity contribution in [2.45, 2.75) is 18.7 Å². The Morgan fingerprint density at radius 1 is 0.935 bits per heavy atom. The molecule has 4 rings (SSSR count). The van der Waals surface area contributed by atoms with Gasteiger partial charge in [0, 0.05) is 32.2 Å². The fourth-order valence-corrected chi connectivity index (χ4v) is 5.18. The Hall–Kier alpha value is -3.04. The zero-order valence-corrected chi connectivity index (χ0v) is 18.1.